The molecule has 0 aliphatic heterocycles. The molecule has 0 saturated heterocycles. The maximum absolute atomic E-state index is 12.3. The lowest BCUT2D eigenvalue weighted by Gasteiger charge is -2.12. The van der Waals surface area contributed by atoms with Crippen LogP contribution in [0.5, 0.6) is 0 Å². The van der Waals surface area contributed by atoms with Crippen LogP contribution in [0.2, 0.25) is 5.02 Å². The molecule has 2 N–H and O–H groups in total. The van der Waals surface area contributed by atoms with E-state index in [1.54, 1.807) is 13.0 Å². The van der Waals surface area contributed by atoms with E-state index in [0.717, 1.165) is 0 Å². The van der Waals surface area contributed by atoms with Crippen molar-refractivity contribution in [1.82, 2.24) is 0 Å². The average molecular weight is 326 g/mol. The second-order valence-electron chi connectivity index (χ2n) is 4.35. The fourth-order valence-corrected chi connectivity index (χ4v) is 3.24. The van der Waals surface area contributed by atoms with E-state index in [9.17, 15) is 13.2 Å². The summed E-state index contributed by atoms with van der Waals surface area (Å²) >= 11 is 5.78. The van der Waals surface area contributed by atoms with Gasteiger partial charge < -0.3 is 5.11 Å². The van der Waals surface area contributed by atoms with Gasteiger partial charge in [-0.15, -0.1) is 0 Å². The van der Waals surface area contributed by atoms with Crippen LogP contribution >= 0.6 is 11.6 Å². The van der Waals surface area contributed by atoms with Crippen molar-refractivity contribution in [2.75, 3.05) is 4.72 Å². The highest BCUT2D eigenvalue weighted by molar-refractivity contribution is 7.92. The van der Waals surface area contributed by atoms with Crippen molar-refractivity contribution in [3.63, 3.8) is 0 Å². The molecule has 110 valence electrons. The third-order valence-corrected chi connectivity index (χ3v) is 4.51. The van der Waals surface area contributed by atoms with Gasteiger partial charge in [0, 0.05) is 5.02 Å². The molecule has 21 heavy (non-hydrogen) atoms. The summed E-state index contributed by atoms with van der Waals surface area (Å²) < 4.78 is 26.9. The number of nitrogens with one attached hydrogen (secondary N) is 1. The largest absolute Gasteiger partial charge is 0.478 e. The van der Waals surface area contributed by atoms with Gasteiger partial charge in [0.2, 0.25) is 0 Å². The Hall–Kier alpha value is -2.05. The molecule has 0 bridgehead atoms. The van der Waals surface area contributed by atoms with Crippen molar-refractivity contribution in [3.8, 4) is 0 Å². The number of halogens is 1. The van der Waals surface area contributed by atoms with E-state index in [2.05, 4.69) is 4.72 Å². The van der Waals surface area contributed by atoms with Crippen LogP contribution in [-0.2, 0) is 10.0 Å². The van der Waals surface area contributed by atoms with Crippen molar-refractivity contribution < 1.29 is 18.3 Å². The van der Waals surface area contributed by atoms with Gasteiger partial charge in [0.15, 0.2) is 0 Å². The Kier molecular flexibility index (Phi) is 4.20. The first kappa shape index (κ1) is 15.3. The van der Waals surface area contributed by atoms with Gasteiger partial charge in [-0.2, -0.15) is 0 Å². The van der Waals surface area contributed by atoms with Gasteiger partial charge in [-0.25, -0.2) is 13.2 Å². The zero-order valence-corrected chi connectivity index (χ0v) is 12.6. The van der Waals surface area contributed by atoms with E-state index >= 15 is 0 Å². The van der Waals surface area contributed by atoms with E-state index in [1.165, 1.54) is 36.4 Å². The zero-order chi connectivity index (χ0) is 15.6. The van der Waals surface area contributed by atoms with Crippen LogP contribution in [-0.4, -0.2) is 19.5 Å². The molecule has 0 aromatic heterocycles. The molecule has 2 aromatic carbocycles. The summed E-state index contributed by atoms with van der Waals surface area (Å²) in [5, 5.41) is 9.35. The van der Waals surface area contributed by atoms with Crippen molar-refractivity contribution >= 4 is 33.3 Å². The van der Waals surface area contributed by atoms with Gasteiger partial charge in [-0.3, -0.25) is 4.72 Å². The Bertz CT molecular complexity index is 802. The Morgan fingerprint density at radius 3 is 2.48 bits per heavy atom. The number of anilines is 1. The maximum Gasteiger partial charge on any atom is 0.336 e. The predicted octanol–water partition coefficient (Wildman–Crippen LogP) is 3.15. The Morgan fingerprint density at radius 2 is 1.86 bits per heavy atom. The fraction of sp³-hybridized carbons (Fsp3) is 0.0714. The molecule has 0 radical (unpaired) electrons. The summed E-state index contributed by atoms with van der Waals surface area (Å²) in [7, 11) is -3.83. The van der Waals surface area contributed by atoms with Gasteiger partial charge in [-0.1, -0.05) is 23.7 Å². The summed E-state index contributed by atoms with van der Waals surface area (Å²) in [4.78, 5) is 11.1. The van der Waals surface area contributed by atoms with Crippen LogP contribution in [0.15, 0.2) is 47.4 Å². The van der Waals surface area contributed by atoms with Gasteiger partial charge >= 0.3 is 5.97 Å². The highest BCUT2D eigenvalue weighted by atomic mass is 35.5. The molecule has 0 heterocycles. The van der Waals surface area contributed by atoms with Crippen LogP contribution in [0.25, 0.3) is 0 Å². The molecule has 2 rings (SSSR count). The van der Waals surface area contributed by atoms with Gasteiger partial charge in [-0.05, 0) is 42.8 Å². The van der Waals surface area contributed by atoms with E-state index in [4.69, 9.17) is 16.7 Å². The number of aromatic carboxylic acids is 1. The molecule has 5 nitrogen and oxygen atoms in total. The Balaban J connectivity index is 2.42. The summed E-state index contributed by atoms with van der Waals surface area (Å²) in [5.41, 5.74) is 0.603. The summed E-state index contributed by atoms with van der Waals surface area (Å²) in [5.74, 6) is -1.11. The molecule has 0 unspecified atom stereocenters. The predicted molar refractivity (Wildman–Crippen MR) is 80.4 cm³/mol. The third-order valence-electron chi connectivity index (χ3n) is 2.91. The smallest absolute Gasteiger partial charge is 0.336 e. The number of benzene rings is 2. The summed E-state index contributed by atoms with van der Waals surface area (Å²) in [6, 6.07) is 10.2. The summed E-state index contributed by atoms with van der Waals surface area (Å²) in [6.07, 6.45) is 0. The van der Waals surface area contributed by atoms with Crippen molar-refractivity contribution in [3.05, 3.63) is 58.6 Å². The van der Waals surface area contributed by atoms with Crippen molar-refractivity contribution in [2.24, 2.45) is 0 Å². The first-order valence-corrected chi connectivity index (χ1v) is 7.78. The molecule has 0 saturated carbocycles. The number of sulfonamides is 1. The monoisotopic (exact) mass is 325 g/mol. The second kappa shape index (κ2) is 5.75. The Labute approximate surface area is 127 Å². The molecule has 0 spiro atoms. The lowest BCUT2D eigenvalue weighted by molar-refractivity contribution is 0.0696. The normalized spacial score (nSPS) is 11.1. The molecular weight excluding hydrogens is 314 g/mol. The molecular formula is C14H12ClNO4S. The van der Waals surface area contributed by atoms with Crippen LogP contribution in [0, 0.1) is 6.92 Å². The van der Waals surface area contributed by atoms with E-state index in [0.29, 0.717) is 10.6 Å². The molecule has 7 heteroatoms. The summed E-state index contributed by atoms with van der Waals surface area (Å²) in [6.45, 7) is 1.54. The quantitative estimate of drug-likeness (QED) is 0.904. The number of carboxylic acid groups (broad SMARTS) is 1. The van der Waals surface area contributed by atoms with Gasteiger partial charge in [0.05, 0.1) is 16.1 Å². The highest BCUT2D eigenvalue weighted by Gasteiger charge is 2.17. The molecule has 2 aromatic rings. The minimum Gasteiger partial charge on any atom is -0.478 e. The maximum atomic E-state index is 12.3. The zero-order valence-electron chi connectivity index (χ0n) is 11.0. The van der Waals surface area contributed by atoms with Crippen LogP contribution < -0.4 is 4.72 Å². The topological polar surface area (TPSA) is 83.5 Å². The van der Waals surface area contributed by atoms with E-state index < -0.39 is 16.0 Å². The van der Waals surface area contributed by atoms with Gasteiger partial charge in [0.1, 0.15) is 0 Å². The average Bonchev–Trinajstić information content (AvgIpc) is 2.40. The number of carboxylic acids is 1. The Morgan fingerprint density at radius 1 is 1.19 bits per heavy atom. The highest BCUT2D eigenvalue weighted by Crippen LogP contribution is 2.23. The number of hydrogen-bond donors (Lipinski definition) is 2. The molecule has 0 atom stereocenters. The van der Waals surface area contributed by atoms with Crippen LogP contribution in [0.3, 0.4) is 0 Å². The fourth-order valence-electron chi connectivity index (χ4n) is 1.82. The molecule has 0 amide bonds. The number of carbonyl (C=O) groups is 1. The molecule has 0 fully saturated rings. The van der Waals surface area contributed by atoms with Crippen LogP contribution in [0.4, 0.5) is 5.69 Å². The molecule has 0 aliphatic carbocycles. The second-order valence-corrected chi connectivity index (χ2v) is 6.46. The first-order valence-electron chi connectivity index (χ1n) is 5.92. The molecule has 0 aliphatic rings. The number of hydrogen-bond acceptors (Lipinski definition) is 3. The SMILES string of the molecule is Cc1c(NS(=O)(=O)c2cccc(Cl)c2)cccc1C(=O)O. The minimum atomic E-state index is -3.83. The third kappa shape index (κ3) is 3.34. The van der Waals surface area contributed by atoms with Crippen LogP contribution in [0.1, 0.15) is 15.9 Å². The standard InChI is InChI=1S/C14H12ClNO4S/c1-9-12(14(17)18)6-3-7-13(9)16-21(19,20)11-5-2-4-10(15)8-11/h2-8,16H,1H3,(H,17,18). The number of rotatable bonds is 4. The van der Waals surface area contributed by atoms with E-state index in [-0.39, 0.29) is 16.1 Å². The van der Waals surface area contributed by atoms with Gasteiger partial charge in [0.25, 0.3) is 10.0 Å². The van der Waals surface area contributed by atoms with E-state index in [1.807, 2.05) is 0 Å². The first-order chi connectivity index (χ1) is 9.81. The lowest BCUT2D eigenvalue weighted by atomic mass is 10.1. The minimum absolute atomic E-state index is 0.00938. The lowest BCUT2D eigenvalue weighted by Crippen LogP contribution is -2.14. The van der Waals surface area contributed by atoms with Crippen molar-refractivity contribution in [2.45, 2.75) is 11.8 Å². The van der Waals surface area contributed by atoms with Crippen molar-refractivity contribution in [1.29, 1.82) is 0 Å².